The van der Waals surface area contributed by atoms with Gasteiger partial charge in [-0.2, -0.15) is 0 Å². The van der Waals surface area contributed by atoms with Crippen molar-refractivity contribution >= 4 is 22.3 Å². The Morgan fingerprint density at radius 1 is 1.26 bits per heavy atom. The summed E-state index contributed by atoms with van der Waals surface area (Å²) in [6.07, 6.45) is 2.66. The van der Waals surface area contributed by atoms with Crippen LogP contribution in [0.3, 0.4) is 0 Å². The van der Waals surface area contributed by atoms with E-state index in [-0.39, 0.29) is 0 Å². The molecular weight excluding hydrogens is 306 g/mol. The molecule has 0 aliphatic carbocycles. The van der Waals surface area contributed by atoms with Crippen LogP contribution in [0.25, 0.3) is 0 Å². The Labute approximate surface area is 142 Å². The van der Waals surface area contributed by atoms with Crippen molar-refractivity contribution in [2.24, 2.45) is 5.92 Å². The van der Waals surface area contributed by atoms with Crippen LogP contribution < -0.4 is 5.32 Å². The molecule has 5 nitrogen and oxygen atoms in total. The van der Waals surface area contributed by atoms with Gasteiger partial charge in [-0.3, -0.25) is 4.90 Å². The fraction of sp³-hybridized carbons (Fsp3) is 0.588. The molecule has 6 heteroatoms. The Morgan fingerprint density at radius 3 is 2.78 bits per heavy atom. The molecule has 124 valence electrons. The number of fused-ring (bicyclic) bond motifs is 1. The van der Waals surface area contributed by atoms with Crippen LogP contribution in [0.4, 0.5) is 10.9 Å². The molecule has 0 saturated heterocycles. The first kappa shape index (κ1) is 16.3. The van der Waals surface area contributed by atoms with Gasteiger partial charge >= 0.3 is 0 Å². The molecule has 0 spiro atoms. The van der Waals surface area contributed by atoms with Crippen LogP contribution in [0.5, 0.6) is 0 Å². The van der Waals surface area contributed by atoms with Crippen molar-refractivity contribution in [2.45, 2.75) is 46.6 Å². The molecule has 1 aliphatic rings. The monoisotopic (exact) mass is 331 g/mol. The Balaban J connectivity index is 1.80. The number of nitrogens with zero attached hydrogens (tertiary/aromatic N) is 4. The minimum absolute atomic E-state index is 0.447. The highest BCUT2D eigenvalue weighted by Crippen LogP contribution is 2.28. The summed E-state index contributed by atoms with van der Waals surface area (Å²) < 4.78 is 0. The molecule has 0 fully saturated rings. The van der Waals surface area contributed by atoms with Crippen LogP contribution in [-0.4, -0.2) is 32.9 Å². The maximum atomic E-state index is 4.65. The number of rotatable bonds is 5. The van der Waals surface area contributed by atoms with Gasteiger partial charge in [0.25, 0.3) is 0 Å². The first-order valence-corrected chi connectivity index (χ1v) is 9.18. The predicted molar refractivity (Wildman–Crippen MR) is 95.3 cm³/mol. The Kier molecular flexibility index (Phi) is 4.92. The standard InChI is InChI=1S/C17H25N5S/c1-11(2)7-22-6-5-14-13(8-22)16(19-10-18-14)21-17-20-15(9-23-17)12(3)4/h9-12H,5-8H2,1-4H3,(H,18,19,20,21). The minimum Gasteiger partial charge on any atom is -0.316 e. The summed E-state index contributed by atoms with van der Waals surface area (Å²) in [5.41, 5.74) is 3.52. The molecule has 0 radical (unpaired) electrons. The predicted octanol–water partition coefficient (Wildman–Crippen LogP) is 3.81. The number of anilines is 2. The normalized spacial score (nSPS) is 15.2. The number of aromatic nitrogens is 3. The largest absolute Gasteiger partial charge is 0.316 e. The summed E-state index contributed by atoms with van der Waals surface area (Å²) >= 11 is 1.64. The molecule has 23 heavy (non-hydrogen) atoms. The minimum atomic E-state index is 0.447. The van der Waals surface area contributed by atoms with Crippen LogP contribution in [0, 0.1) is 5.92 Å². The van der Waals surface area contributed by atoms with Crippen LogP contribution >= 0.6 is 11.3 Å². The second-order valence-corrected chi connectivity index (χ2v) is 7.74. The van der Waals surface area contributed by atoms with E-state index in [1.807, 2.05) is 0 Å². The summed E-state index contributed by atoms with van der Waals surface area (Å²) in [6.45, 7) is 12.0. The van der Waals surface area contributed by atoms with Crippen molar-refractivity contribution in [3.05, 3.63) is 28.7 Å². The molecule has 0 aromatic carbocycles. The molecule has 0 unspecified atom stereocenters. The van der Waals surface area contributed by atoms with E-state index in [0.717, 1.165) is 42.7 Å². The molecule has 0 amide bonds. The van der Waals surface area contributed by atoms with Gasteiger partial charge in [-0.25, -0.2) is 15.0 Å². The Bertz CT molecular complexity index is 665. The second-order valence-electron chi connectivity index (χ2n) is 6.88. The molecule has 3 rings (SSSR count). The van der Waals surface area contributed by atoms with Crippen molar-refractivity contribution in [3.8, 4) is 0 Å². The van der Waals surface area contributed by atoms with Crippen LogP contribution in [0.15, 0.2) is 11.7 Å². The number of hydrogen-bond acceptors (Lipinski definition) is 6. The van der Waals surface area contributed by atoms with E-state index < -0.39 is 0 Å². The van der Waals surface area contributed by atoms with Gasteiger partial charge in [0, 0.05) is 37.0 Å². The fourth-order valence-corrected chi connectivity index (χ4v) is 3.76. The van der Waals surface area contributed by atoms with Gasteiger partial charge in [0.1, 0.15) is 12.1 Å². The Hall–Kier alpha value is -1.53. The lowest BCUT2D eigenvalue weighted by atomic mass is 10.0. The van der Waals surface area contributed by atoms with E-state index in [1.165, 1.54) is 11.3 Å². The van der Waals surface area contributed by atoms with Crippen molar-refractivity contribution in [1.29, 1.82) is 0 Å². The molecule has 3 heterocycles. The van der Waals surface area contributed by atoms with Crippen LogP contribution in [0.1, 0.15) is 50.6 Å². The molecule has 2 aromatic heterocycles. The maximum absolute atomic E-state index is 4.65. The Morgan fingerprint density at radius 2 is 2.09 bits per heavy atom. The highest BCUT2D eigenvalue weighted by Gasteiger charge is 2.22. The zero-order chi connectivity index (χ0) is 16.4. The SMILES string of the molecule is CC(C)CN1CCc2ncnc(Nc3nc(C(C)C)cs3)c2C1. The maximum Gasteiger partial charge on any atom is 0.188 e. The topological polar surface area (TPSA) is 53.9 Å². The highest BCUT2D eigenvalue weighted by atomic mass is 32.1. The van der Waals surface area contributed by atoms with E-state index in [9.17, 15) is 0 Å². The van der Waals surface area contributed by atoms with E-state index in [4.69, 9.17) is 0 Å². The number of thiazole rings is 1. The smallest absolute Gasteiger partial charge is 0.188 e. The lowest BCUT2D eigenvalue weighted by Crippen LogP contribution is -2.34. The lowest BCUT2D eigenvalue weighted by molar-refractivity contribution is 0.225. The molecule has 2 aromatic rings. The summed E-state index contributed by atoms with van der Waals surface area (Å²) in [5, 5.41) is 6.44. The van der Waals surface area contributed by atoms with Gasteiger partial charge in [0.15, 0.2) is 5.13 Å². The fourth-order valence-electron chi connectivity index (χ4n) is 2.89. The third-order valence-electron chi connectivity index (χ3n) is 4.04. The van der Waals surface area contributed by atoms with Crippen molar-refractivity contribution in [3.63, 3.8) is 0 Å². The van der Waals surface area contributed by atoms with Gasteiger partial charge in [-0.05, 0) is 11.8 Å². The molecule has 0 saturated carbocycles. The first-order chi connectivity index (χ1) is 11.0. The van der Waals surface area contributed by atoms with Gasteiger partial charge in [-0.15, -0.1) is 11.3 Å². The molecule has 0 bridgehead atoms. The lowest BCUT2D eigenvalue weighted by Gasteiger charge is -2.30. The van der Waals surface area contributed by atoms with E-state index in [2.05, 4.69) is 58.2 Å². The first-order valence-electron chi connectivity index (χ1n) is 8.30. The van der Waals surface area contributed by atoms with Gasteiger partial charge in [-0.1, -0.05) is 27.7 Å². The molecule has 0 atom stereocenters. The quantitative estimate of drug-likeness (QED) is 0.903. The third kappa shape index (κ3) is 3.87. The molecule has 1 aliphatic heterocycles. The average Bonchev–Trinajstić information content (AvgIpc) is 2.96. The van der Waals surface area contributed by atoms with Crippen LogP contribution in [-0.2, 0) is 13.0 Å². The number of hydrogen-bond donors (Lipinski definition) is 1. The van der Waals surface area contributed by atoms with E-state index >= 15 is 0 Å². The van der Waals surface area contributed by atoms with Gasteiger partial charge in [0.05, 0.1) is 11.4 Å². The molecule has 1 N–H and O–H groups in total. The van der Waals surface area contributed by atoms with Crippen LogP contribution in [0.2, 0.25) is 0 Å². The summed E-state index contributed by atoms with van der Waals surface area (Å²) in [6, 6.07) is 0. The average molecular weight is 331 g/mol. The summed E-state index contributed by atoms with van der Waals surface area (Å²) in [7, 11) is 0. The van der Waals surface area contributed by atoms with Gasteiger partial charge in [0.2, 0.25) is 0 Å². The van der Waals surface area contributed by atoms with Crippen molar-refractivity contribution in [1.82, 2.24) is 19.9 Å². The molecular formula is C17H25N5S. The zero-order valence-corrected chi connectivity index (χ0v) is 15.2. The highest BCUT2D eigenvalue weighted by molar-refractivity contribution is 7.13. The van der Waals surface area contributed by atoms with Gasteiger partial charge < -0.3 is 5.32 Å². The van der Waals surface area contributed by atoms with Crippen molar-refractivity contribution in [2.75, 3.05) is 18.4 Å². The summed E-state index contributed by atoms with van der Waals surface area (Å²) in [5.74, 6) is 2.03. The third-order valence-corrected chi connectivity index (χ3v) is 4.82. The number of nitrogens with one attached hydrogen (secondary N) is 1. The van der Waals surface area contributed by atoms with E-state index in [1.54, 1.807) is 17.7 Å². The second kappa shape index (κ2) is 6.93. The van der Waals surface area contributed by atoms with Crippen molar-refractivity contribution < 1.29 is 0 Å². The van der Waals surface area contributed by atoms with E-state index in [0.29, 0.717) is 11.8 Å². The zero-order valence-electron chi connectivity index (χ0n) is 14.3. The summed E-state index contributed by atoms with van der Waals surface area (Å²) in [4.78, 5) is 16.1.